The Labute approximate surface area is 206 Å². The zero-order valence-corrected chi connectivity index (χ0v) is 19.6. The molecule has 2 N–H and O–H groups in total. The van der Waals surface area contributed by atoms with Crippen LogP contribution in [0.5, 0.6) is 11.5 Å². The van der Waals surface area contributed by atoms with Gasteiger partial charge in [-0.3, -0.25) is 14.3 Å². The van der Waals surface area contributed by atoms with E-state index in [9.17, 15) is 14.4 Å². The van der Waals surface area contributed by atoms with E-state index in [-0.39, 0.29) is 31.9 Å². The van der Waals surface area contributed by atoms with Crippen LogP contribution in [0.3, 0.4) is 0 Å². The molecular formula is C26H25N5O5. The number of benzene rings is 2. The van der Waals surface area contributed by atoms with Gasteiger partial charge in [0.15, 0.2) is 0 Å². The molecule has 2 aromatic heterocycles. The second-order valence-electron chi connectivity index (χ2n) is 8.16. The molecular weight excluding hydrogens is 462 g/mol. The molecule has 0 aliphatic heterocycles. The van der Waals surface area contributed by atoms with Gasteiger partial charge in [0.25, 0.3) is 0 Å². The molecule has 0 bridgehead atoms. The first kappa shape index (κ1) is 24.4. The van der Waals surface area contributed by atoms with Crippen molar-refractivity contribution in [2.24, 2.45) is 0 Å². The molecule has 0 unspecified atom stereocenters. The largest absolute Gasteiger partial charge is 0.481 e. The zero-order valence-electron chi connectivity index (χ0n) is 19.6. The Balaban J connectivity index is 1.62. The van der Waals surface area contributed by atoms with Crippen LogP contribution >= 0.6 is 0 Å². The first-order chi connectivity index (χ1) is 17.4. The molecule has 4 aromatic rings. The Kier molecular flexibility index (Phi) is 7.54. The van der Waals surface area contributed by atoms with Gasteiger partial charge in [-0.05, 0) is 55.3 Å². The van der Waals surface area contributed by atoms with Crippen LogP contribution in [-0.2, 0) is 17.9 Å². The molecule has 0 saturated carbocycles. The summed E-state index contributed by atoms with van der Waals surface area (Å²) in [7, 11) is 0. The van der Waals surface area contributed by atoms with Crippen LogP contribution in [0, 0.1) is 6.92 Å². The number of hydrogen-bond donors (Lipinski definition) is 2. The number of rotatable bonds is 10. The molecule has 0 saturated heterocycles. The van der Waals surface area contributed by atoms with Crippen molar-refractivity contribution in [1.29, 1.82) is 0 Å². The number of nitrogens with zero attached hydrogens (tertiary/aromatic N) is 4. The summed E-state index contributed by atoms with van der Waals surface area (Å²) in [6.07, 6.45) is 3.25. The minimum absolute atomic E-state index is 0.0355. The SMILES string of the molecule is Cc1ccc(Cn2c(Nc3ccc(Oc4ccncc4)cc3)nc(=O)n(CCCC(=O)O)c2=O)cc1. The third kappa shape index (κ3) is 6.23. The average Bonchev–Trinajstić information content (AvgIpc) is 2.86. The Bertz CT molecular complexity index is 1450. The van der Waals surface area contributed by atoms with Gasteiger partial charge in [0, 0.05) is 31.0 Å². The van der Waals surface area contributed by atoms with Gasteiger partial charge < -0.3 is 15.2 Å². The first-order valence-electron chi connectivity index (χ1n) is 11.3. The van der Waals surface area contributed by atoms with Crippen LogP contribution in [0.2, 0.25) is 0 Å². The average molecular weight is 488 g/mol. The quantitative estimate of drug-likeness (QED) is 0.348. The summed E-state index contributed by atoms with van der Waals surface area (Å²) in [6.45, 7) is 2.11. The highest BCUT2D eigenvalue weighted by molar-refractivity contribution is 5.66. The molecule has 0 amide bonds. The molecule has 0 atom stereocenters. The minimum Gasteiger partial charge on any atom is -0.481 e. The van der Waals surface area contributed by atoms with E-state index in [1.807, 2.05) is 31.2 Å². The first-order valence-corrected chi connectivity index (χ1v) is 11.3. The number of carboxylic acids is 1. The normalized spacial score (nSPS) is 10.7. The van der Waals surface area contributed by atoms with E-state index < -0.39 is 17.3 Å². The lowest BCUT2D eigenvalue weighted by atomic mass is 10.1. The van der Waals surface area contributed by atoms with Crippen molar-refractivity contribution >= 4 is 17.6 Å². The molecule has 0 aliphatic rings. The van der Waals surface area contributed by atoms with Crippen molar-refractivity contribution in [3.8, 4) is 11.5 Å². The number of aromatic nitrogens is 4. The molecule has 0 radical (unpaired) electrons. The lowest BCUT2D eigenvalue weighted by Crippen LogP contribution is -2.42. The number of aryl methyl sites for hydroxylation is 1. The van der Waals surface area contributed by atoms with Gasteiger partial charge in [0.2, 0.25) is 5.95 Å². The highest BCUT2D eigenvalue weighted by atomic mass is 16.5. The molecule has 36 heavy (non-hydrogen) atoms. The molecule has 2 aromatic carbocycles. The number of pyridine rings is 1. The van der Waals surface area contributed by atoms with Crippen LogP contribution < -0.4 is 21.4 Å². The minimum atomic E-state index is -0.995. The Morgan fingerprint density at radius 2 is 1.61 bits per heavy atom. The van der Waals surface area contributed by atoms with Crippen molar-refractivity contribution in [2.75, 3.05) is 5.32 Å². The maximum atomic E-state index is 13.3. The van der Waals surface area contributed by atoms with E-state index in [1.165, 1.54) is 4.57 Å². The van der Waals surface area contributed by atoms with E-state index in [2.05, 4.69) is 15.3 Å². The number of nitrogens with one attached hydrogen (secondary N) is 1. The van der Waals surface area contributed by atoms with Gasteiger partial charge in [-0.1, -0.05) is 29.8 Å². The molecule has 0 fully saturated rings. The van der Waals surface area contributed by atoms with Crippen molar-refractivity contribution < 1.29 is 14.6 Å². The fraction of sp³-hybridized carbons (Fsp3) is 0.192. The van der Waals surface area contributed by atoms with E-state index in [1.54, 1.807) is 48.8 Å². The van der Waals surface area contributed by atoms with Crippen molar-refractivity contribution in [1.82, 2.24) is 19.1 Å². The van der Waals surface area contributed by atoms with E-state index in [4.69, 9.17) is 9.84 Å². The summed E-state index contributed by atoms with van der Waals surface area (Å²) in [5.41, 5.74) is 1.22. The summed E-state index contributed by atoms with van der Waals surface area (Å²) in [5.74, 6) is 0.338. The third-order valence-corrected chi connectivity index (χ3v) is 5.38. The third-order valence-electron chi connectivity index (χ3n) is 5.38. The van der Waals surface area contributed by atoms with Gasteiger partial charge in [-0.15, -0.1) is 0 Å². The monoisotopic (exact) mass is 487 g/mol. The molecule has 0 spiro atoms. The molecule has 184 valence electrons. The fourth-order valence-corrected chi connectivity index (χ4v) is 3.50. The van der Waals surface area contributed by atoms with Crippen LogP contribution in [0.15, 0.2) is 82.6 Å². The summed E-state index contributed by atoms with van der Waals surface area (Å²) >= 11 is 0. The van der Waals surface area contributed by atoms with Gasteiger partial charge in [-0.2, -0.15) is 4.98 Å². The van der Waals surface area contributed by atoms with Crippen molar-refractivity contribution in [2.45, 2.75) is 32.9 Å². The summed E-state index contributed by atoms with van der Waals surface area (Å²) in [5, 5.41) is 12.0. The van der Waals surface area contributed by atoms with Crippen LogP contribution in [-0.4, -0.2) is 30.2 Å². The smallest absolute Gasteiger partial charge is 0.354 e. The highest BCUT2D eigenvalue weighted by Crippen LogP contribution is 2.23. The predicted octanol–water partition coefficient (Wildman–Crippen LogP) is 3.56. The van der Waals surface area contributed by atoms with Crippen molar-refractivity contribution in [3.63, 3.8) is 0 Å². The van der Waals surface area contributed by atoms with E-state index >= 15 is 0 Å². The molecule has 0 aliphatic carbocycles. The number of anilines is 2. The molecule has 10 heteroatoms. The number of hydrogen-bond acceptors (Lipinski definition) is 7. The van der Waals surface area contributed by atoms with Gasteiger partial charge in [0.1, 0.15) is 11.5 Å². The second kappa shape index (κ2) is 11.1. The number of carboxylic acid groups (broad SMARTS) is 1. The number of carbonyl (C=O) groups is 1. The predicted molar refractivity (Wildman–Crippen MR) is 134 cm³/mol. The molecule has 2 heterocycles. The van der Waals surface area contributed by atoms with Crippen LogP contribution in [0.4, 0.5) is 11.6 Å². The number of aliphatic carboxylic acids is 1. The van der Waals surface area contributed by atoms with Crippen LogP contribution in [0.25, 0.3) is 0 Å². The topological polar surface area (TPSA) is 128 Å². The summed E-state index contributed by atoms with van der Waals surface area (Å²) in [6, 6.07) is 18.1. The second-order valence-corrected chi connectivity index (χ2v) is 8.16. The Hall–Kier alpha value is -4.73. The zero-order chi connectivity index (χ0) is 25.5. The van der Waals surface area contributed by atoms with E-state index in [0.717, 1.165) is 15.7 Å². The molecule has 4 rings (SSSR count). The standard InChI is InChI=1S/C26H25N5O5/c1-18-4-6-19(7-5-18)17-31-24(29-25(34)30(26(31)35)16-2-3-23(32)33)28-20-8-10-21(11-9-20)36-22-12-14-27-15-13-22/h4-15H,2-3,16-17H2,1H3,(H,32,33)(H,28,29,34). The Morgan fingerprint density at radius 3 is 2.28 bits per heavy atom. The Morgan fingerprint density at radius 1 is 0.944 bits per heavy atom. The van der Waals surface area contributed by atoms with Crippen molar-refractivity contribution in [3.05, 3.63) is 105 Å². The van der Waals surface area contributed by atoms with Gasteiger partial charge in [-0.25, -0.2) is 14.2 Å². The summed E-state index contributed by atoms with van der Waals surface area (Å²) < 4.78 is 8.11. The maximum absolute atomic E-state index is 13.3. The molecule has 10 nitrogen and oxygen atoms in total. The highest BCUT2D eigenvalue weighted by Gasteiger charge is 2.15. The maximum Gasteiger partial charge on any atom is 0.354 e. The summed E-state index contributed by atoms with van der Waals surface area (Å²) in [4.78, 5) is 44.9. The van der Waals surface area contributed by atoms with Gasteiger partial charge in [0.05, 0.1) is 6.54 Å². The van der Waals surface area contributed by atoms with Crippen LogP contribution in [0.1, 0.15) is 24.0 Å². The number of ether oxygens (including phenoxy) is 1. The fourth-order valence-electron chi connectivity index (χ4n) is 3.50. The lowest BCUT2D eigenvalue weighted by Gasteiger charge is -2.16. The van der Waals surface area contributed by atoms with Gasteiger partial charge >= 0.3 is 17.3 Å². The van der Waals surface area contributed by atoms with E-state index in [0.29, 0.717) is 17.2 Å². The lowest BCUT2D eigenvalue weighted by molar-refractivity contribution is -0.137.